The molecule has 160 valence electrons. The number of halogens is 1. The van der Waals surface area contributed by atoms with Crippen LogP contribution >= 0.6 is 22.6 Å². The van der Waals surface area contributed by atoms with Crippen LogP contribution in [0.3, 0.4) is 0 Å². The maximum Gasteiger partial charge on any atom is 0.0475 e. The van der Waals surface area contributed by atoms with Crippen molar-refractivity contribution in [2.24, 2.45) is 0 Å². The summed E-state index contributed by atoms with van der Waals surface area (Å²) in [6.45, 7) is 0. The van der Waals surface area contributed by atoms with Crippen LogP contribution in [0.1, 0.15) is 22.6 Å². The zero-order valence-corrected chi connectivity index (χ0v) is 20.3. The highest BCUT2D eigenvalue weighted by molar-refractivity contribution is 14.1. The molecular weight excluding hydrogens is 513 g/mol. The molecule has 0 aliphatic carbocycles. The minimum Gasteiger partial charge on any atom is -0.310 e. The van der Waals surface area contributed by atoms with Crippen molar-refractivity contribution in [1.29, 1.82) is 0 Å². The fraction of sp³-hybridized carbons (Fsp3) is 0.0323. The van der Waals surface area contributed by atoms with Gasteiger partial charge in [-0.2, -0.15) is 0 Å². The molecule has 0 aliphatic heterocycles. The zero-order chi connectivity index (χ0) is 22.5. The van der Waals surface area contributed by atoms with Crippen molar-refractivity contribution >= 4 is 39.7 Å². The third-order valence-electron chi connectivity index (χ3n) is 5.79. The van der Waals surface area contributed by atoms with E-state index in [4.69, 9.17) is 0 Å². The summed E-state index contributed by atoms with van der Waals surface area (Å²) in [6.07, 6.45) is 0. The Kier molecular flexibility index (Phi) is 6.54. The third-order valence-corrected chi connectivity index (χ3v) is 6.41. The van der Waals surface area contributed by atoms with Crippen LogP contribution in [-0.2, 0) is 0 Å². The van der Waals surface area contributed by atoms with E-state index in [0.717, 1.165) is 17.1 Å². The first-order valence-corrected chi connectivity index (χ1v) is 12.2. The number of hydrogen-bond acceptors (Lipinski definition) is 1. The highest BCUT2D eigenvalue weighted by Gasteiger charge is 2.20. The second-order valence-corrected chi connectivity index (χ2v) is 9.25. The molecule has 33 heavy (non-hydrogen) atoms. The minimum atomic E-state index is 0.161. The van der Waals surface area contributed by atoms with Crippen LogP contribution in [0.5, 0.6) is 0 Å². The van der Waals surface area contributed by atoms with Gasteiger partial charge in [0.05, 0.1) is 0 Å². The first-order valence-electron chi connectivity index (χ1n) is 11.1. The largest absolute Gasteiger partial charge is 0.310 e. The Morgan fingerprint density at radius 1 is 0.424 bits per heavy atom. The maximum absolute atomic E-state index is 2.45. The quantitative estimate of drug-likeness (QED) is 0.154. The van der Waals surface area contributed by atoms with Gasteiger partial charge >= 0.3 is 0 Å². The lowest BCUT2D eigenvalue weighted by atomic mass is 9.85. The lowest BCUT2D eigenvalue weighted by Gasteiger charge is -2.27. The van der Waals surface area contributed by atoms with Crippen LogP contribution in [-0.4, -0.2) is 0 Å². The summed E-state index contributed by atoms with van der Waals surface area (Å²) < 4.78 is 1.22. The fourth-order valence-electron chi connectivity index (χ4n) is 4.36. The molecule has 5 aromatic carbocycles. The van der Waals surface area contributed by atoms with E-state index < -0.39 is 0 Å². The van der Waals surface area contributed by atoms with Crippen molar-refractivity contribution in [3.8, 4) is 0 Å². The molecule has 0 saturated carbocycles. The molecule has 0 bridgehead atoms. The van der Waals surface area contributed by atoms with E-state index in [-0.39, 0.29) is 5.92 Å². The van der Waals surface area contributed by atoms with Gasteiger partial charge in [0.1, 0.15) is 0 Å². The van der Waals surface area contributed by atoms with Gasteiger partial charge in [0.2, 0.25) is 0 Å². The molecule has 0 aliphatic rings. The van der Waals surface area contributed by atoms with Gasteiger partial charge in [-0.3, -0.25) is 0 Å². The van der Waals surface area contributed by atoms with Crippen molar-refractivity contribution in [2.75, 3.05) is 4.90 Å². The van der Waals surface area contributed by atoms with Gasteiger partial charge in [-0.05, 0) is 81.7 Å². The van der Waals surface area contributed by atoms with Gasteiger partial charge in [-0.25, -0.2) is 0 Å². The molecular formula is C31H24IN. The van der Waals surface area contributed by atoms with E-state index >= 15 is 0 Å². The van der Waals surface area contributed by atoms with E-state index in [0.29, 0.717) is 0 Å². The Bertz CT molecular complexity index is 1120. The van der Waals surface area contributed by atoms with Crippen molar-refractivity contribution in [3.05, 3.63) is 160 Å². The molecule has 0 atom stereocenters. The summed E-state index contributed by atoms with van der Waals surface area (Å²) in [4.78, 5) is 2.33. The molecule has 0 radical (unpaired) electrons. The topological polar surface area (TPSA) is 3.24 Å². The van der Waals surface area contributed by atoms with E-state index in [1.165, 1.54) is 20.3 Å². The van der Waals surface area contributed by atoms with Gasteiger partial charge in [0, 0.05) is 26.6 Å². The summed E-state index contributed by atoms with van der Waals surface area (Å²) in [5.74, 6) is 0.161. The Morgan fingerprint density at radius 3 is 1.30 bits per heavy atom. The van der Waals surface area contributed by atoms with Gasteiger partial charge in [-0.1, -0.05) is 97.1 Å². The van der Waals surface area contributed by atoms with E-state index in [9.17, 15) is 0 Å². The molecule has 0 fully saturated rings. The highest BCUT2D eigenvalue weighted by Crippen LogP contribution is 2.39. The average Bonchev–Trinajstić information content (AvgIpc) is 2.87. The van der Waals surface area contributed by atoms with Crippen LogP contribution < -0.4 is 4.90 Å². The zero-order valence-electron chi connectivity index (χ0n) is 18.2. The van der Waals surface area contributed by atoms with Crippen LogP contribution in [0.4, 0.5) is 17.1 Å². The summed E-state index contributed by atoms with van der Waals surface area (Å²) in [5, 5.41) is 0. The van der Waals surface area contributed by atoms with Gasteiger partial charge in [0.25, 0.3) is 0 Å². The molecule has 5 rings (SSSR count). The van der Waals surface area contributed by atoms with Gasteiger partial charge in [0.15, 0.2) is 0 Å². The van der Waals surface area contributed by atoms with Crippen LogP contribution in [0.2, 0.25) is 0 Å². The third kappa shape index (κ3) is 4.86. The summed E-state index contributed by atoms with van der Waals surface area (Å²) in [6, 6.07) is 49.6. The molecule has 5 aromatic rings. The first kappa shape index (κ1) is 21.5. The summed E-state index contributed by atoms with van der Waals surface area (Å²) >= 11 is 2.45. The van der Waals surface area contributed by atoms with Crippen LogP contribution in [0, 0.1) is 3.57 Å². The standard InChI is InChI=1S/C31H24IN/c32-27-21-26(31(24-13-5-1-6-14-24)25-15-7-2-8-16-25)22-30(23-27)33(28-17-9-3-10-18-28)29-19-11-4-12-20-29/h1-23,31H. The molecule has 0 aromatic heterocycles. The number of hydrogen-bond donors (Lipinski definition) is 0. The molecule has 1 nitrogen and oxygen atoms in total. The Hall–Kier alpha value is -3.37. The summed E-state index contributed by atoms with van der Waals surface area (Å²) in [5.41, 5.74) is 7.32. The SMILES string of the molecule is Ic1cc(C(c2ccccc2)c2ccccc2)cc(N(c2ccccc2)c2ccccc2)c1. The highest BCUT2D eigenvalue weighted by atomic mass is 127. The molecule has 0 unspecified atom stereocenters. The number of para-hydroxylation sites is 2. The Morgan fingerprint density at radius 2 is 0.848 bits per heavy atom. The molecule has 0 saturated heterocycles. The first-order chi connectivity index (χ1) is 16.3. The van der Waals surface area contributed by atoms with Crippen LogP contribution in [0.25, 0.3) is 0 Å². The fourth-order valence-corrected chi connectivity index (χ4v) is 5.04. The second-order valence-electron chi connectivity index (χ2n) is 8.00. The minimum absolute atomic E-state index is 0.161. The monoisotopic (exact) mass is 537 g/mol. The number of anilines is 3. The normalized spacial score (nSPS) is 10.8. The lowest BCUT2D eigenvalue weighted by Crippen LogP contribution is -2.11. The van der Waals surface area contributed by atoms with Crippen molar-refractivity contribution < 1.29 is 0 Å². The van der Waals surface area contributed by atoms with Crippen LogP contribution in [0.15, 0.2) is 140 Å². The smallest absolute Gasteiger partial charge is 0.0475 e. The second kappa shape index (κ2) is 10.1. The Labute approximate surface area is 209 Å². The van der Waals surface area contributed by atoms with Gasteiger partial charge in [-0.15, -0.1) is 0 Å². The van der Waals surface area contributed by atoms with Crippen molar-refractivity contribution in [2.45, 2.75) is 5.92 Å². The maximum atomic E-state index is 2.45. The van der Waals surface area contributed by atoms with E-state index in [1.54, 1.807) is 0 Å². The van der Waals surface area contributed by atoms with E-state index in [2.05, 4.69) is 167 Å². The molecule has 0 heterocycles. The lowest BCUT2D eigenvalue weighted by molar-refractivity contribution is 0.974. The number of rotatable bonds is 6. The molecule has 0 N–H and O–H groups in total. The molecule has 2 heteroatoms. The number of benzene rings is 5. The van der Waals surface area contributed by atoms with E-state index in [1.807, 2.05) is 0 Å². The van der Waals surface area contributed by atoms with Crippen molar-refractivity contribution in [1.82, 2.24) is 0 Å². The van der Waals surface area contributed by atoms with Gasteiger partial charge < -0.3 is 4.90 Å². The predicted molar refractivity (Wildman–Crippen MR) is 148 cm³/mol. The number of nitrogens with zero attached hydrogens (tertiary/aromatic N) is 1. The Balaban J connectivity index is 1.69. The average molecular weight is 537 g/mol. The molecule has 0 spiro atoms. The summed E-state index contributed by atoms with van der Waals surface area (Å²) in [7, 11) is 0. The van der Waals surface area contributed by atoms with Crippen molar-refractivity contribution in [3.63, 3.8) is 0 Å². The molecule has 0 amide bonds. The predicted octanol–water partition coefficient (Wildman–Crippen LogP) is 8.94.